The van der Waals surface area contributed by atoms with E-state index in [2.05, 4.69) is 15.4 Å². The molecular weight excluding hydrogens is 261 g/mol. The van der Waals surface area contributed by atoms with Gasteiger partial charge in [-0.1, -0.05) is 6.07 Å². The van der Waals surface area contributed by atoms with Crippen LogP contribution in [0, 0.1) is 0 Å². The number of amides is 2. The van der Waals surface area contributed by atoms with Crippen LogP contribution in [-0.4, -0.2) is 24.9 Å². The van der Waals surface area contributed by atoms with Crippen molar-refractivity contribution in [3.63, 3.8) is 0 Å². The van der Waals surface area contributed by atoms with Gasteiger partial charge < -0.3 is 15.4 Å². The minimum Gasteiger partial charge on any atom is -0.484 e. The number of ether oxygens (including phenoxy) is 1. The van der Waals surface area contributed by atoms with Crippen molar-refractivity contribution in [2.75, 3.05) is 11.9 Å². The van der Waals surface area contributed by atoms with E-state index < -0.39 is 18.8 Å². The Morgan fingerprint density at radius 1 is 1.37 bits per heavy atom. The lowest BCUT2D eigenvalue weighted by Crippen LogP contribution is -2.34. The molecule has 2 amide bonds. The number of halogens is 3. The van der Waals surface area contributed by atoms with Crippen LogP contribution in [0.25, 0.3) is 0 Å². The van der Waals surface area contributed by atoms with Gasteiger partial charge in [0, 0.05) is 17.8 Å². The Bertz CT molecular complexity index is 433. The van der Waals surface area contributed by atoms with Crippen molar-refractivity contribution >= 4 is 11.7 Å². The maximum atomic E-state index is 12.0. The average Bonchev–Trinajstić information content (AvgIpc) is 2.24. The van der Waals surface area contributed by atoms with Gasteiger partial charge in [-0.15, -0.1) is 0 Å². The third-order valence-corrected chi connectivity index (χ3v) is 1.91. The van der Waals surface area contributed by atoms with E-state index in [1.165, 1.54) is 18.2 Å². The molecule has 0 saturated heterocycles. The number of rotatable bonds is 4. The molecule has 0 heterocycles. The van der Waals surface area contributed by atoms with E-state index in [1.807, 2.05) is 0 Å². The van der Waals surface area contributed by atoms with E-state index in [0.29, 0.717) is 5.69 Å². The second kappa shape index (κ2) is 6.31. The second-order valence-electron chi connectivity index (χ2n) is 4.18. The smallest absolute Gasteiger partial charge is 0.422 e. The lowest BCUT2D eigenvalue weighted by molar-refractivity contribution is -0.153. The third kappa shape index (κ3) is 6.54. The zero-order valence-corrected chi connectivity index (χ0v) is 10.5. The fourth-order valence-corrected chi connectivity index (χ4v) is 1.26. The molecule has 1 aromatic carbocycles. The standard InChI is InChI=1S/C12H15F3N2O2/c1-8(2)16-11(18)17-9-4-3-5-10(6-9)19-7-12(13,14)15/h3-6,8H,7H2,1-2H3,(H2,16,17,18). The minimum absolute atomic E-state index is 0.0373. The first-order valence-corrected chi connectivity index (χ1v) is 5.63. The molecule has 0 bridgehead atoms. The van der Waals surface area contributed by atoms with E-state index >= 15 is 0 Å². The van der Waals surface area contributed by atoms with Crippen LogP contribution in [-0.2, 0) is 0 Å². The summed E-state index contributed by atoms with van der Waals surface area (Å²) >= 11 is 0. The Labute approximate surface area is 108 Å². The van der Waals surface area contributed by atoms with Crippen LogP contribution in [0.1, 0.15) is 13.8 Å². The summed E-state index contributed by atoms with van der Waals surface area (Å²) in [5.41, 5.74) is 0.359. The molecule has 1 aromatic rings. The molecule has 0 radical (unpaired) electrons. The summed E-state index contributed by atoms with van der Waals surface area (Å²) in [4.78, 5) is 11.4. The molecule has 0 unspecified atom stereocenters. The molecule has 7 heteroatoms. The van der Waals surface area contributed by atoms with Crippen LogP contribution in [0.2, 0.25) is 0 Å². The molecule has 0 spiro atoms. The van der Waals surface area contributed by atoms with Gasteiger partial charge in [0.1, 0.15) is 5.75 Å². The highest BCUT2D eigenvalue weighted by Crippen LogP contribution is 2.21. The second-order valence-corrected chi connectivity index (χ2v) is 4.18. The minimum atomic E-state index is -4.39. The van der Waals surface area contributed by atoms with Crippen molar-refractivity contribution in [1.82, 2.24) is 5.32 Å². The molecule has 2 N–H and O–H groups in total. The largest absolute Gasteiger partial charge is 0.484 e. The Balaban J connectivity index is 2.59. The maximum Gasteiger partial charge on any atom is 0.422 e. The summed E-state index contributed by atoms with van der Waals surface area (Å²) in [5, 5.41) is 5.10. The molecular formula is C12H15F3N2O2. The first kappa shape index (κ1) is 15.1. The van der Waals surface area contributed by atoms with Crippen LogP contribution >= 0.6 is 0 Å². The molecule has 0 saturated carbocycles. The summed E-state index contributed by atoms with van der Waals surface area (Å²) in [5.74, 6) is 0.0414. The summed E-state index contributed by atoms with van der Waals surface area (Å²) in [6.45, 7) is 2.22. The summed E-state index contributed by atoms with van der Waals surface area (Å²) in [6, 6.07) is 5.30. The first-order chi connectivity index (χ1) is 8.76. The molecule has 106 valence electrons. The molecule has 1 rings (SSSR count). The van der Waals surface area contributed by atoms with Gasteiger partial charge in [-0.2, -0.15) is 13.2 Å². The van der Waals surface area contributed by atoms with Crippen molar-refractivity contribution in [3.05, 3.63) is 24.3 Å². The van der Waals surface area contributed by atoms with Gasteiger partial charge in [0.15, 0.2) is 6.61 Å². The molecule has 19 heavy (non-hydrogen) atoms. The number of benzene rings is 1. The summed E-state index contributed by atoms with van der Waals surface area (Å²) in [7, 11) is 0. The maximum absolute atomic E-state index is 12.0. The van der Waals surface area contributed by atoms with Gasteiger partial charge in [-0.3, -0.25) is 0 Å². The lowest BCUT2D eigenvalue weighted by atomic mass is 10.3. The predicted octanol–water partition coefficient (Wildman–Crippen LogP) is 3.16. The molecule has 0 aliphatic carbocycles. The number of carbonyl (C=O) groups excluding carboxylic acids is 1. The Kier molecular flexibility index (Phi) is 5.02. The van der Waals surface area contributed by atoms with E-state index in [1.54, 1.807) is 19.9 Å². The number of nitrogens with one attached hydrogen (secondary N) is 2. The average molecular weight is 276 g/mol. The number of alkyl halides is 3. The van der Waals surface area contributed by atoms with E-state index in [0.717, 1.165) is 0 Å². The van der Waals surface area contributed by atoms with E-state index in [4.69, 9.17) is 0 Å². The molecule has 0 aliphatic rings. The summed E-state index contributed by atoms with van der Waals surface area (Å²) < 4.78 is 40.5. The predicted molar refractivity (Wildman–Crippen MR) is 65.3 cm³/mol. The molecule has 0 aliphatic heterocycles. The molecule has 0 atom stereocenters. The van der Waals surface area contributed by atoms with Crippen molar-refractivity contribution in [3.8, 4) is 5.75 Å². The van der Waals surface area contributed by atoms with Gasteiger partial charge in [0.05, 0.1) is 0 Å². The number of hydrogen-bond acceptors (Lipinski definition) is 2. The Morgan fingerprint density at radius 2 is 2.05 bits per heavy atom. The number of anilines is 1. The van der Waals surface area contributed by atoms with Crippen LogP contribution in [0.5, 0.6) is 5.75 Å². The van der Waals surface area contributed by atoms with Gasteiger partial charge in [-0.05, 0) is 26.0 Å². The van der Waals surface area contributed by atoms with Crippen LogP contribution in [0.15, 0.2) is 24.3 Å². The van der Waals surface area contributed by atoms with Crippen molar-refractivity contribution in [2.45, 2.75) is 26.1 Å². The normalized spacial score (nSPS) is 11.3. The zero-order chi connectivity index (χ0) is 14.5. The van der Waals surface area contributed by atoms with Gasteiger partial charge in [0.25, 0.3) is 0 Å². The number of urea groups is 1. The van der Waals surface area contributed by atoms with Gasteiger partial charge >= 0.3 is 12.2 Å². The number of hydrogen-bond donors (Lipinski definition) is 2. The van der Waals surface area contributed by atoms with Crippen molar-refractivity contribution < 1.29 is 22.7 Å². The quantitative estimate of drug-likeness (QED) is 0.887. The Hall–Kier alpha value is -1.92. The first-order valence-electron chi connectivity index (χ1n) is 5.63. The third-order valence-electron chi connectivity index (χ3n) is 1.91. The fraction of sp³-hybridized carbons (Fsp3) is 0.417. The van der Waals surface area contributed by atoms with Crippen LogP contribution in [0.4, 0.5) is 23.7 Å². The topological polar surface area (TPSA) is 50.4 Å². The fourth-order valence-electron chi connectivity index (χ4n) is 1.26. The monoisotopic (exact) mass is 276 g/mol. The highest BCUT2D eigenvalue weighted by Gasteiger charge is 2.28. The molecule has 4 nitrogen and oxygen atoms in total. The highest BCUT2D eigenvalue weighted by molar-refractivity contribution is 5.89. The summed E-state index contributed by atoms with van der Waals surface area (Å²) in [6.07, 6.45) is -4.39. The number of carbonyl (C=O) groups is 1. The van der Waals surface area contributed by atoms with Gasteiger partial charge in [-0.25, -0.2) is 4.79 Å². The SMILES string of the molecule is CC(C)NC(=O)Nc1cccc(OCC(F)(F)F)c1. The zero-order valence-electron chi connectivity index (χ0n) is 10.5. The van der Waals surface area contributed by atoms with Crippen LogP contribution < -0.4 is 15.4 Å². The molecule has 0 fully saturated rings. The lowest BCUT2D eigenvalue weighted by Gasteiger charge is -2.12. The highest BCUT2D eigenvalue weighted by atomic mass is 19.4. The van der Waals surface area contributed by atoms with Crippen molar-refractivity contribution in [2.24, 2.45) is 0 Å². The van der Waals surface area contributed by atoms with Crippen LogP contribution in [0.3, 0.4) is 0 Å². The van der Waals surface area contributed by atoms with Gasteiger partial charge in [0.2, 0.25) is 0 Å². The molecule has 0 aromatic heterocycles. The Morgan fingerprint density at radius 3 is 2.63 bits per heavy atom. The van der Waals surface area contributed by atoms with Crippen molar-refractivity contribution in [1.29, 1.82) is 0 Å². The van der Waals surface area contributed by atoms with E-state index in [9.17, 15) is 18.0 Å². The van der Waals surface area contributed by atoms with E-state index in [-0.39, 0.29) is 11.8 Å².